The number of benzene rings is 1. The zero-order chi connectivity index (χ0) is 15.2. The molecule has 0 spiro atoms. The van der Waals surface area contributed by atoms with E-state index in [-0.39, 0.29) is 24.5 Å². The molecule has 0 saturated carbocycles. The van der Waals surface area contributed by atoms with Crippen molar-refractivity contribution >= 4 is 23.2 Å². The van der Waals surface area contributed by atoms with Crippen molar-refractivity contribution in [2.24, 2.45) is 11.7 Å². The van der Waals surface area contributed by atoms with Crippen molar-refractivity contribution < 1.29 is 9.53 Å². The summed E-state index contributed by atoms with van der Waals surface area (Å²) < 4.78 is 5.56. The molecule has 1 heterocycles. The number of halogens is 1. The van der Waals surface area contributed by atoms with Crippen LogP contribution in [0.2, 0.25) is 5.02 Å². The van der Waals surface area contributed by atoms with Gasteiger partial charge in [-0.1, -0.05) is 30.4 Å². The van der Waals surface area contributed by atoms with E-state index in [1.165, 1.54) is 0 Å². The van der Waals surface area contributed by atoms with Crippen LogP contribution >= 0.6 is 11.6 Å². The Morgan fingerprint density at radius 3 is 3.10 bits per heavy atom. The predicted molar refractivity (Wildman–Crippen MR) is 84.2 cm³/mol. The maximum absolute atomic E-state index is 12.4. The van der Waals surface area contributed by atoms with Crippen molar-refractivity contribution in [2.75, 3.05) is 18.5 Å². The first-order valence-corrected chi connectivity index (χ1v) is 7.44. The standard InChI is InChI=1S/C16H19ClN2O2/c1-2-15-13(7-9-21-15)16(20)19-14-6-5-12(17)10-11(14)4-3-8-18/h5-6,10,13,15H,2,7-9,18H2,1H3,(H,19,20). The Labute approximate surface area is 130 Å². The largest absolute Gasteiger partial charge is 0.377 e. The second-order valence-electron chi connectivity index (χ2n) is 4.90. The zero-order valence-electron chi connectivity index (χ0n) is 12.0. The SMILES string of the molecule is CCC1OCCC1C(=O)Nc1ccc(Cl)cc1C#CCN. The van der Waals surface area contributed by atoms with Crippen LogP contribution in [0.4, 0.5) is 5.69 Å². The van der Waals surface area contributed by atoms with Crippen molar-refractivity contribution in [3.63, 3.8) is 0 Å². The van der Waals surface area contributed by atoms with Crippen LogP contribution in [0.15, 0.2) is 18.2 Å². The maximum atomic E-state index is 12.4. The van der Waals surface area contributed by atoms with Crippen molar-refractivity contribution in [3.05, 3.63) is 28.8 Å². The summed E-state index contributed by atoms with van der Waals surface area (Å²) in [6, 6.07) is 5.22. The third kappa shape index (κ3) is 3.98. The maximum Gasteiger partial charge on any atom is 0.230 e. The van der Waals surface area contributed by atoms with E-state index in [0.717, 1.165) is 12.8 Å². The van der Waals surface area contributed by atoms with Gasteiger partial charge in [-0.3, -0.25) is 4.79 Å². The van der Waals surface area contributed by atoms with Crippen LogP contribution in [0.25, 0.3) is 0 Å². The molecule has 2 rings (SSSR count). The van der Waals surface area contributed by atoms with Gasteiger partial charge in [0.2, 0.25) is 5.91 Å². The van der Waals surface area contributed by atoms with Crippen LogP contribution < -0.4 is 11.1 Å². The molecule has 1 aromatic rings. The fourth-order valence-electron chi connectivity index (χ4n) is 2.45. The van der Waals surface area contributed by atoms with Crippen LogP contribution in [-0.2, 0) is 9.53 Å². The summed E-state index contributed by atoms with van der Waals surface area (Å²) in [5.41, 5.74) is 6.72. The molecule has 1 saturated heterocycles. The monoisotopic (exact) mass is 306 g/mol. The first-order chi connectivity index (χ1) is 10.2. The lowest BCUT2D eigenvalue weighted by Crippen LogP contribution is -2.29. The Kier molecular flexibility index (Phi) is 5.63. The fourth-order valence-corrected chi connectivity index (χ4v) is 2.62. The summed E-state index contributed by atoms with van der Waals surface area (Å²) in [5, 5.41) is 3.51. The second-order valence-corrected chi connectivity index (χ2v) is 5.33. The summed E-state index contributed by atoms with van der Waals surface area (Å²) in [6.45, 7) is 2.92. The number of nitrogens with two attached hydrogens (primary N) is 1. The molecule has 2 atom stereocenters. The molecule has 0 aromatic heterocycles. The lowest BCUT2D eigenvalue weighted by Gasteiger charge is -2.17. The highest BCUT2D eigenvalue weighted by molar-refractivity contribution is 6.30. The zero-order valence-corrected chi connectivity index (χ0v) is 12.7. The van der Waals surface area contributed by atoms with E-state index in [1.807, 2.05) is 6.92 Å². The van der Waals surface area contributed by atoms with Gasteiger partial charge in [-0.15, -0.1) is 0 Å². The minimum atomic E-state index is -0.110. The quantitative estimate of drug-likeness (QED) is 0.843. The van der Waals surface area contributed by atoms with Gasteiger partial charge in [0.15, 0.2) is 0 Å². The molecule has 1 aliphatic heterocycles. The highest BCUT2D eigenvalue weighted by Crippen LogP contribution is 2.26. The van der Waals surface area contributed by atoms with Crippen LogP contribution in [0, 0.1) is 17.8 Å². The Balaban J connectivity index is 2.17. The summed E-state index contributed by atoms with van der Waals surface area (Å²) in [5.74, 6) is 5.57. The lowest BCUT2D eigenvalue weighted by atomic mass is 9.98. The summed E-state index contributed by atoms with van der Waals surface area (Å²) in [6.07, 6.45) is 1.58. The molecule has 1 fully saturated rings. The van der Waals surface area contributed by atoms with E-state index >= 15 is 0 Å². The van der Waals surface area contributed by atoms with Gasteiger partial charge in [0.25, 0.3) is 0 Å². The van der Waals surface area contributed by atoms with E-state index in [9.17, 15) is 4.79 Å². The average Bonchev–Trinajstić information content (AvgIpc) is 2.96. The summed E-state index contributed by atoms with van der Waals surface area (Å²) in [4.78, 5) is 12.4. The fraction of sp³-hybridized carbons (Fsp3) is 0.438. The third-order valence-corrected chi connectivity index (χ3v) is 3.75. The van der Waals surface area contributed by atoms with Crippen LogP contribution in [0.1, 0.15) is 25.3 Å². The molecular weight excluding hydrogens is 288 g/mol. The molecule has 0 radical (unpaired) electrons. The molecule has 0 aliphatic carbocycles. The number of hydrogen-bond acceptors (Lipinski definition) is 3. The minimum Gasteiger partial charge on any atom is -0.377 e. The molecule has 3 N–H and O–H groups in total. The summed E-state index contributed by atoms with van der Waals surface area (Å²) >= 11 is 5.97. The van der Waals surface area contributed by atoms with Gasteiger partial charge in [-0.05, 0) is 31.0 Å². The Hall–Kier alpha value is -1.54. The number of ether oxygens (including phenoxy) is 1. The van der Waals surface area contributed by atoms with Gasteiger partial charge in [-0.2, -0.15) is 0 Å². The molecule has 1 aromatic carbocycles. The number of rotatable bonds is 3. The Bertz CT molecular complexity index is 577. The number of anilines is 1. The van der Waals surface area contributed by atoms with Gasteiger partial charge in [-0.25, -0.2) is 0 Å². The molecule has 1 aliphatic rings. The van der Waals surface area contributed by atoms with Gasteiger partial charge in [0.1, 0.15) is 0 Å². The average molecular weight is 307 g/mol. The number of nitrogens with one attached hydrogen (secondary N) is 1. The normalized spacial score (nSPS) is 20.7. The molecule has 112 valence electrons. The van der Waals surface area contributed by atoms with Crippen LogP contribution in [-0.4, -0.2) is 25.2 Å². The molecule has 2 unspecified atom stereocenters. The highest BCUT2D eigenvalue weighted by atomic mass is 35.5. The highest BCUT2D eigenvalue weighted by Gasteiger charge is 2.32. The van der Waals surface area contributed by atoms with E-state index in [1.54, 1.807) is 18.2 Å². The first-order valence-electron chi connectivity index (χ1n) is 7.06. The third-order valence-electron chi connectivity index (χ3n) is 3.51. The molecule has 1 amide bonds. The van der Waals surface area contributed by atoms with Gasteiger partial charge in [0.05, 0.1) is 24.3 Å². The Morgan fingerprint density at radius 1 is 1.57 bits per heavy atom. The van der Waals surface area contributed by atoms with E-state index in [0.29, 0.717) is 22.9 Å². The topological polar surface area (TPSA) is 64.3 Å². The molecule has 5 heteroatoms. The smallest absolute Gasteiger partial charge is 0.230 e. The van der Waals surface area contributed by atoms with Crippen molar-refractivity contribution in [2.45, 2.75) is 25.9 Å². The van der Waals surface area contributed by atoms with Crippen molar-refractivity contribution in [3.8, 4) is 11.8 Å². The van der Waals surface area contributed by atoms with Gasteiger partial charge in [0, 0.05) is 17.2 Å². The second kappa shape index (κ2) is 7.46. The first kappa shape index (κ1) is 15.8. The van der Waals surface area contributed by atoms with E-state index < -0.39 is 0 Å². The van der Waals surface area contributed by atoms with Crippen LogP contribution in [0.3, 0.4) is 0 Å². The predicted octanol–water partition coefficient (Wildman–Crippen LogP) is 2.40. The molecular formula is C16H19ClN2O2. The number of amides is 1. The van der Waals surface area contributed by atoms with Crippen LogP contribution in [0.5, 0.6) is 0 Å². The minimum absolute atomic E-state index is 0.00382. The molecule has 0 bridgehead atoms. The van der Waals surface area contributed by atoms with Gasteiger partial charge < -0.3 is 15.8 Å². The summed E-state index contributed by atoms with van der Waals surface area (Å²) in [7, 11) is 0. The molecule has 4 nitrogen and oxygen atoms in total. The van der Waals surface area contributed by atoms with Gasteiger partial charge >= 0.3 is 0 Å². The number of carbonyl (C=O) groups excluding carboxylic acids is 1. The lowest BCUT2D eigenvalue weighted by molar-refractivity contribution is -0.121. The number of hydrogen-bond donors (Lipinski definition) is 2. The number of carbonyl (C=O) groups is 1. The van der Waals surface area contributed by atoms with Crippen molar-refractivity contribution in [1.29, 1.82) is 0 Å². The van der Waals surface area contributed by atoms with Crippen molar-refractivity contribution in [1.82, 2.24) is 0 Å². The van der Waals surface area contributed by atoms with E-state index in [2.05, 4.69) is 17.2 Å². The molecule has 21 heavy (non-hydrogen) atoms. The Morgan fingerprint density at radius 2 is 2.38 bits per heavy atom. The van der Waals surface area contributed by atoms with E-state index in [4.69, 9.17) is 22.1 Å².